The maximum absolute atomic E-state index is 10.2. The van der Waals surface area contributed by atoms with Crippen LogP contribution in [-0.2, 0) is 6.42 Å². The van der Waals surface area contributed by atoms with Gasteiger partial charge in [-0.1, -0.05) is 49.3 Å². The van der Waals surface area contributed by atoms with Gasteiger partial charge in [0, 0.05) is 6.42 Å². The Morgan fingerprint density at radius 3 is 2.59 bits per heavy atom. The fourth-order valence-corrected chi connectivity index (χ4v) is 1.67. The van der Waals surface area contributed by atoms with Crippen LogP contribution in [0.3, 0.4) is 0 Å². The molecule has 0 fully saturated rings. The van der Waals surface area contributed by atoms with Gasteiger partial charge in [0.2, 0.25) is 5.89 Å². The van der Waals surface area contributed by atoms with Crippen molar-refractivity contribution in [3.63, 3.8) is 0 Å². The van der Waals surface area contributed by atoms with Crippen LogP contribution >= 0.6 is 0 Å². The van der Waals surface area contributed by atoms with E-state index in [0.29, 0.717) is 11.7 Å². The number of rotatable bonds is 4. The highest BCUT2D eigenvalue weighted by Gasteiger charge is 2.23. The topological polar surface area (TPSA) is 59.2 Å². The third-order valence-electron chi connectivity index (χ3n) is 2.80. The van der Waals surface area contributed by atoms with Gasteiger partial charge in [0.15, 0.2) is 5.82 Å². The van der Waals surface area contributed by atoms with Crippen molar-refractivity contribution in [2.45, 2.75) is 32.3 Å². The lowest BCUT2D eigenvalue weighted by Gasteiger charge is -2.15. The first-order valence-corrected chi connectivity index (χ1v) is 5.78. The summed E-state index contributed by atoms with van der Waals surface area (Å²) < 4.78 is 5.14. The van der Waals surface area contributed by atoms with Crippen LogP contribution < -0.4 is 0 Å². The van der Waals surface area contributed by atoms with Crippen molar-refractivity contribution in [3.8, 4) is 0 Å². The Bertz CT molecular complexity index is 467. The minimum absolute atomic E-state index is 0.204. The van der Waals surface area contributed by atoms with E-state index in [-0.39, 0.29) is 5.92 Å². The Morgan fingerprint density at radius 1 is 1.29 bits per heavy atom. The molecule has 2 unspecified atom stereocenters. The molecule has 1 aromatic carbocycles. The summed E-state index contributed by atoms with van der Waals surface area (Å²) in [6.07, 6.45) is 0.110. The summed E-state index contributed by atoms with van der Waals surface area (Å²) in [4.78, 5) is 4.24. The van der Waals surface area contributed by atoms with Crippen LogP contribution in [0.1, 0.15) is 43.1 Å². The molecule has 2 aromatic rings. The van der Waals surface area contributed by atoms with E-state index in [1.807, 2.05) is 44.2 Å². The van der Waals surface area contributed by atoms with E-state index in [2.05, 4.69) is 10.1 Å². The number of hydrogen-bond donors (Lipinski definition) is 1. The van der Waals surface area contributed by atoms with Gasteiger partial charge in [0.05, 0.1) is 12.0 Å². The van der Waals surface area contributed by atoms with Gasteiger partial charge in [-0.15, -0.1) is 0 Å². The van der Waals surface area contributed by atoms with Crippen LogP contribution in [0.25, 0.3) is 0 Å². The van der Waals surface area contributed by atoms with Crippen molar-refractivity contribution in [1.29, 1.82) is 0 Å². The van der Waals surface area contributed by atoms with Crippen molar-refractivity contribution >= 4 is 0 Å². The lowest BCUT2D eigenvalue weighted by atomic mass is 9.97. The average Bonchev–Trinajstić information content (AvgIpc) is 2.87. The van der Waals surface area contributed by atoms with E-state index in [4.69, 9.17) is 4.52 Å². The number of aliphatic hydroxyl groups excluding tert-OH is 1. The third kappa shape index (κ3) is 2.53. The minimum Gasteiger partial charge on any atom is -0.388 e. The Labute approximate surface area is 100 Å². The molecule has 17 heavy (non-hydrogen) atoms. The summed E-state index contributed by atoms with van der Waals surface area (Å²) in [5.41, 5.74) is 0.858. The van der Waals surface area contributed by atoms with Crippen LogP contribution in [-0.4, -0.2) is 15.2 Å². The molecule has 0 aliphatic carbocycles. The van der Waals surface area contributed by atoms with Crippen LogP contribution in [0.2, 0.25) is 0 Å². The molecule has 1 aromatic heterocycles. The van der Waals surface area contributed by atoms with Crippen molar-refractivity contribution in [2.75, 3.05) is 0 Å². The Morgan fingerprint density at radius 2 is 2.00 bits per heavy atom. The van der Waals surface area contributed by atoms with Gasteiger partial charge in [0.25, 0.3) is 0 Å². The van der Waals surface area contributed by atoms with Gasteiger partial charge in [-0.3, -0.25) is 0 Å². The quantitative estimate of drug-likeness (QED) is 0.879. The van der Waals surface area contributed by atoms with Crippen molar-refractivity contribution in [1.82, 2.24) is 10.1 Å². The SMILES string of the molecule is CCc1noc(C(C)C(O)c2ccccc2)n1. The highest BCUT2D eigenvalue weighted by atomic mass is 16.5. The summed E-state index contributed by atoms with van der Waals surface area (Å²) in [7, 11) is 0. The van der Waals surface area contributed by atoms with Crippen molar-refractivity contribution in [2.24, 2.45) is 0 Å². The second-order valence-corrected chi connectivity index (χ2v) is 4.05. The zero-order valence-corrected chi connectivity index (χ0v) is 10.00. The molecule has 1 N–H and O–H groups in total. The minimum atomic E-state index is -0.624. The lowest BCUT2D eigenvalue weighted by molar-refractivity contribution is 0.135. The predicted octanol–water partition coefficient (Wildman–Crippen LogP) is 2.47. The Balaban J connectivity index is 2.17. The Kier molecular flexibility index (Phi) is 3.54. The molecule has 0 saturated heterocycles. The molecule has 0 amide bonds. The molecular formula is C13H16N2O2. The zero-order chi connectivity index (χ0) is 12.3. The third-order valence-corrected chi connectivity index (χ3v) is 2.80. The van der Waals surface area contributed by atoms with E-state index in [0.717, 1.165) is 12.0 Å². The molecular weight excluding hydrogens is 216 g/mol. The first kappa shape index (κ1) is 11.8. The zero-order valence-electron chi connectivity index (χ0n) is 10.00. The van der Waals surface area contributed by atoms with E-state index in [9.17, 15) is 5.11 Å². The predicted molar refractivity (Wildman–Crippen MR) is 63.5 cm³/mol. The fourth-order valence-electron chi connectivity index (χ4n) is 1.67. The maximum atomic E-state index is 10.2. The molecule has 4 nitrogen and oxygen atoms in total. The van der Waals surface area contributed by atoms with Crippen LogP contribution in [0, 0.1) is 0 Å². The second kappa shape index (κ2) is 5.10. The number of aliphatic hydroxyl groups is 1. The number of hydrogen-bond acceptors (Lipinski definition) is 4. The number of aromatic nitrogens is 2. The van der Waals surface area contributed by atoms with E-state index < -0.39 is 6.10 Å². The van der Waals surface area contributed by atoms with Crippen LogP contribution in [0.15, 0.2) is 34.9 Å². The second-order valence-electron chi connectivity index (χ2n) is 4.05. The van der Waals surface area contributed by atoms with Crippen molar-refractivity contribution in [3.05, 3.63) is 47.6 Å². The first-order chi connectivity index (χ1) is 8.22. The Hall–Kier alpha value is -1.68. The molecule has 2 atom stereocenters. The van der Waals surface area contributed by atoms with E-state index >= 15 is 0 Å². The van der Waals surface area contributed by atoms with Gasteiger partial charge >= 0.3 is 0 Å². The molecule has 0 bridgehead atoms. The van der Waals surface area contributed by atoms with Gasteiger partial charge in [-0.05, 0) is 5.56 Å². The van der Waals surface area contributed by atoms with E-state index in [1.165, 1.54) is 0 Å². The first-order valence-electron chi connectivity index (χ1n) is 5.78. The largest absolute Gasteiger partial charge is 0.388 e. The lowest BCUT2D eigenvalue weighted by Crippen LogP contribution is -2.08. The summed E-state index contributed by atoms with van der Waals surface area (Å²) in [5.74, 6) is 0.954. The molecule has 0 radical (unpaired) electrons. The number of aryl methyl sites for hydroxylation is 1. The fraction of sp³-hybridized carbons (Fsp3) is 0.385. The summed E-state index contributed by atoms with van der Waals surface area (Å²) in [6, 6.07) is 9.49. The summed E-state index contributed by atoms with van der Waals surface area (Å²) in [5, 5.41) is 14.0. The van der Waals surface area contributed by atoms with Crippen LogP contribution in [0.4, 0.5) is 0 Å². The smallest absolute Gasteiger partial charge is 0.232 e. The summed E-state index contributed by atoms with van der Waals surface area (Å²) in [6.45, 7) is 3.84. The van der Waals surface area contributed by atoms with Gasteiger partial charge in [-0.2, -0.15) is 4.98 Å². The van der Waals surface area contributed by atoms with Gasteiger partial charge in [-0.25, -0.2) is 0 Å². The number of benzene rings is 1. The van der Waals surface area contributed by atoms with Gasteiger partial charge in [0.1, 0.15) is 0 Å². The highest BCUT2D eigenvalue weighted by Crippen LogP contribution is 2.29. The molecule has 0 aliphatic heterocycles. The van der Waals surface area contributed by atoms with Crippen molar-refractivity contribution < 1.29 is 9.63 Å². The highest BCUT2D eigenvalue weighted by molar-refractivity contribution is 5.20. The monoisotopic (exact) mass is 232 g/mol. The standard InChI is InChI=1S/C13H16N2O2/c1-3-11-14-13(17-15-11)9(2)12(16)10-7-5-4-6-8-10/h4-9,12,16H,3H2,1-2H3. The summed E-state index contributed by atoms with van der Waals surface area (Å²) >= 11 is 0. The normalized spacial score (nSPS) is 14.5. The molecule has 2 rings (SSSR count). The van der Waals surface area contributed by atoms with E-state index in [1.54, 1.807) is 0 Å². The van der Waals surface area contributed by atoms with Crippen LogP contribution in [0.5, 0.6) is 0 Å². The molecule has 0 spiro atoms. The molecule has 0 aliphatic rings. The molecule has 90 valence electrons. The molecule has 0 saturated carbocycles. The number of nitrogens with zero attached hydrogens (tertiary/aromatic N) is 2. The molecule has 4 heteroatoms. The maximum Gasteiger partial charge on any atom is 0.232 e. The van der Waals surface area contributed by atoms with Gasteiger partial charge < -0.3 is 9.63 Å². The average molecular weight is 232 g/mol. The molecule has 1 heterocycles.